The molecule has 1 unspecified atom stereocenters. The SMILES string of the molecule is CCS(=O)(=O)C1CSCCN1Cc1cc(CNC)no1. The van der Waals surface area contributed by atoms with Gasteiger partial charge in [-0.05, 0) is 7.05 Å². The summed E-state index contributed by atoms with van der Waals surface area (Å²) in [4.78, 5) is 1.99. The molecule has 0 aromatic carbocycles. The van der Waals surface area contributed by atoms with Gasteiger partial charge in [-0.25, -0.2) is 8.42 Å². The van der Waals surface area contributed by atoms with Gasteiger partial charge in [-0.2, -0.15) is 11.8 Å². The summed E-state index contributed by atoms with van der Waals surface area (Å²) in [5.74, 6) is 2.48. The molecule has 0 radical (unpaired) electrons. The number of aromatic nitrogens is 1. The van der Waals surface area contributed by atoms with Crippen molar-refractivity contribution in [2.45, 2.75) is 25.4 Å². The Labute approximate surface area is 124 Å². The zero-order valence-corrected chi connectivity index (χ0v) is 13.5. The first-order valence-electron chi connectivity index (χ1n) is 6.69. The summed E-state index contributed by atoms with van der Waals surface area (Å²) in [6.45, 7) is 3.61. The van der Waals surface area contributed by atoms with Crippen LogP contribution in [0, 0.1) is 0 Å². The molecular weight excluding hydrogens is 298 g/mol. The number of rotatable bonds is 6. The summed E-state index contributed by atoms with van der Waals surface area (Å²) in [5.41, 5.74) is 0.837. The predicted molar refractivity (Wildman–Crippen MR) is 80.3 cm³/mol. The van der Waals surface area contributed by atoms with E-state index in [2.05, 4.69) is 10.5 Å². The summed E-state index contributed by atoms with van der Waals surface area (Å²) in [6.07, 6.45) is 0. The van der Waals surface area contributed by atoms with E-state index in [1.54, 1.807) is 18.7 Å². The van der Waals surface area contributed by atoms with E-state index in [0.29, 0.717) is 18.8 Å². The van der Waals surface area contributed by atoms with E-state index in [0.717, 1.165) is 23.8 Å². The lowest BCUT2D eigenvalue weighted by Gasteiger charge is -2.33. The third-order valence-electron chi connectivity index (χ3n) is 3.33. The number of hydrogen-bond donors (Lipinski definition) is 1. The lowest BCUT2D eigenvalue weighted by Crippen LogP contribution is -2.47. The molecule has 114 valence electrons. The average molecular weight is 319 g/mol. The quantitative estimate of drug-likeness (QED) is 0.827. The minimum absolute atomic E-state index is 0.177. The molecular formula is C12H21N3O3S2. The van der Waals surface area contributed by atoms with Crippen LogP contribution in [0.4, 0.5) is 0 Å². The Kier molecular flexibility index (Phi) is 5.48. The molecule has 1 aromatic rings. The molecule has 2 heterocycles. The van der Waals surface area contributed by atoms with Crippen LogP contribution in [0.2, 0.25) is 0 Å². The van der Waals surface area contributed by atoms with Crippen molar-refractivity contribution in [1.82, 2.24) is 15.4 Å². The van der Waals surface area contributed by atoms with Crippen molar-refractivity contribution >= 4 is 21.6 Å². The second kappa shape index (κ2) is 6.93. The molecule has 8 heteroatoms. The van der Waals surface area contributed by atoms with Crippen LogP contribution >= 0.6 is 11.8 Å². The third-order valence-corrected chi connectivity index (χ3v) is 6.66. The third kappa shape index (κ3) is 3.75. The Morgan fingerprint density at radius 1 is 1.60 bits per heavy atom. The fourth-order valence-electron chi connectivity index (χ4n) is 2.21. The number of nitrogens with zero attached hydrogens (tertiary/aromatic N) is 2. The van der Waals surface area contributed by atoms with E-state index in [-0.39, 0.29) is 5.75 Å². The van der Waals surface area contributed by atoms with E-state index in [1.807, 2.05) is 18.0 Å². The maximum absolute atomic E-state index is 12.2. The van der Waals surface area contributed by atoms with Gasteiger partial charge in [0.15, 0.2) is 15.6 Å². The number of thioether (sulfide) groups is 1. The van der Waals surface area contributed by atoms with Gasteiger partial charge in [0.25, 0.3) is 0 Å². The highest BCUT2D eigenvalue weighted by Crippen LogP contribution is 2.23. The van der Waals surface area contributed by atoms with Gasteiger partial charge >= 0.3 is 0 Å². The first-order chi connectivity index (χ1) is 9.56. The molecule has 1 saturated heterocycles. The van der Waals surface area contributed by atoms with Gasteiger partial charge in [-0.3, -0.25) is 4.90 Å². The monoisotopic (exact) mass is 319 g/mol. The maximum Gasteiger partial charge on any atom is 0.166 e. The smallest absolute Gasteiger partial charge is 0.166 e. The minimum Gasteiger partial charge on any atom is -0.360 e. The van der Waals surface area contributed by atoms with Gasteiger partial charge in [0.1, 0.15) is 5.37 Å². The lowest BCUT2D eigenvalue weighted by molar-refractivity contribution is 0.227. The molecule has 0 bridgehead atoms. The number of nitrogens with one attached hydrogen (secondary N) is 1. The highest BCUT2D eigenvalue weighted by molar-refractivity contribution is 8.01. The minimum atomic E-state index is -3.06. The van der Waals surface area contributed by atoms with Gasteiger partial charge in [0, 0.05) is 36.4 Å². The molecule has 1 aromatic heterocycles. The van der Waals surface area contributed by atoms with Crippen LogP contribution in [0.25, 0.3) is 0 Å². The zero-order chi connectivity index (χ0) is 14.6. The first-order valence-corrected chi connectivity index (χ1v) is 9.56. The molecule has 0 amide bonds. The number of sulfone groups is 1. The summed E-state index contributed by atoms with van der Waals surface area (Å²) in [5, 5.41) is 6.55. The molecule has 6 nitrogen and oxygen atoms in total. The second-order valence-corrected chi connectivity index (χ2v) is 8.36. The Hall–Kier alpha value is -0.570. The van der Waals surface area contributed by atoms with Crippen molar-refractivity contribution < 1.29 is 12.9 Å². The standard InChI is InChI=1S/C12H21N3O3S2/c1-3-20(16,17)12-9-19-5-4-15(12)8-11-6-10(7-13-2)14-18-11/h6,12-13H,3-5,7-9H2,1-2H3. The van der Waals surface area contributed by atoms with Crippen LogP contribution in [-0.4, -0.2) is 54.7 Å². The van der Waals surface area contributed by atoms with Gasteiger partial charge in [-0.15, -0.1) is 0 Å². The van der Waals surface area contributed by atoms with Gasteiger partial charge in [-0.1, -0.05) is 12.1 Å². The summed E-state index contributed by atoms with van der Waals surface area (Å²) < 4.78 is 29.6. The summed E-state index contributed by atoms with van der Waals surface area (Å²) >= 11 is 1.70. The van der Waals surface area contributed by atoms with Crippen LogP contribution < -0.4 is 5.32 Å². The predicted octanol–water partition coefficient (Wildman–Crippen LogP) is 0.704. The summed E-state index contributed by atoms with van der Waals surface area (Å²) in [6, 6.07) is 1.88. The Morgan fingerprint density at radius 2 is 2.40 bits per heavy atom. The lowest BCUT2D eigenvalue weighted by atomic mass is 10.3. The fourth-order valence-corrected chi connectivity index (χ4v) is 5.29. The molecule has 20 heavy (non-hydrogen) atoms. The van der Waals surface area contributed by atoms with Crippen LogP contribution in [-0.2, 0) is 22.9 Å². The van der Waals surface area contributed by atoms with Crippen LogP contribution in [0.3, 0.4) is 0 Å². The largest absolute Gasteiger partial charge is 0.360 e. The molecule has 0 saturated carbocycles. The second-order valence-electron chi connectivity index (χ2n) is 4.77. The molecule has 0 aliphatic carbocycles. The maximum atomic E-state index is 12.2. The van der Waals surface area contributed by atoms with Crippen molar-refractivity contribution in [1.29, 1.82) is 0 Å². The fraction of sp³-hybridized carbons (Fsp3) is 0.750. The van der Waals surface area contributed by atoms with Crippen molar-refractivity contribution in [2.24, 2.45) is 0 Å². The molecule has 1 N–H and O–H groups in total. The molecule has 0 spiro atoms. The molecule has 1 fully saturated rings. The molecule has 1 aliphatic rings. The van der Waals surface area contributed by atoms with Crippen molar-refractivity contribution in [3.8, 4) is 0 Å². The van der Waals surface area contributed by atoms with Crippen molar-refractivity contribution in [3.05, 3.63) is 17.5 Å². The molecule has 2 rings (SSSR count). The van der Waals surface area contributed by atoms with E-state index < -0.39 is 15.2 Å². The van der Waals surface area contributed by atoms with Crippen LogP contribution in [0.5, 0.6) is 0 Å². The molecule has 1 aliphatic heterocycles. The number of hydrogen-bond acceptors (Lipinski definition) is 7. The van der Waals surface area contributed by atoms with E-state index in [1.165, 1.54) is 0 Å². The molecule has 1 atom stereocenters. The summed E-state index contributed by atoms with van der Waals surface area (Å²) in [7, 11) is -1.22. The highest BCUT2D eigenvalue weighted by atomic mass is 32.2. The Morgan fingerprint density at radius 3 is 3.10 bits per heavy atom. The first kappa shape index (κ1) is 15.8. The van der Waals surface area contributed by atoms with E-state index >= 15 is 0 Å². The van der Waals surface area contributed by atoms with Crippen LogP contribution in [0.15, 0.2) is 10.6 Å². The van der Waals surface area contributed by atoms with Crippen LogP contribution in [0.1, 0.15) is 18.4 Å². The highest BCUT2D eigenvalue weighted by Gasteiger charge is 2.33. The van der Waals surface area contributed by atoms with Gasteiger partial charge in [0.2, 0.25) is 0 Å². The van der Waals surface area contributed by atoms with Gasteiger partial charge < -0.3 is 9.84 Å². The average Bonchev–Trinajstić information content (AvgIpc) is 2.87. The zero-order valence-electron chi connectivity index (χ0n) is 11.8. The topological polar surface area (TPSA) is 75.4 Å². The van der Waals surface area contributed by atoms with E-state index in [4.69, 9.17) is 4.52 Å². The Bertz CT molecular complexity index is 530. The van der Waals surface area contributed by atoms with Gasteiger partial charge in [0.05, 0.1) is 12.2 Å². The van der Waals surface area contributed by atoms with E-state index in [9.17, 15) is 8.42 Å². The Balaban J connectivity index is 2.08. The van der Waals surface area contributed by atoms with Crippen molar-refractivity contribution in [2.75, 3.05) is 30.9 Å². The normalized spacial score (nSPS) is 21.2. The van der Waals surface area contributed by atoms with Crippen molar-refractivity contribution in [3.63, 3.8) is 0 Å².